The van der Waals surface area contributed by atoms with E-state index in [4.69, 9.17) is 33.2 Å². The Morgan fingerprint density at radius 2 is 1.32 bits per heavy atom. The van der Waals surface area contributed by atoms with Gasteiger partial charge in [-0.2, -0.15) is 0 Å². The lowest BCUT2D eigenvalue weighted by Crippen LogP contribution is -2.63. The van der Waals surface area contributed by atoms with E-state index in [0.717, 1.165) is 26.3 Å². The van der Waals surface area contributed by atoms with Crippen molar-refractivity contribution in [3.05, 3.63) is 65.2 Å². The molecule has 0 radical (unpaired) electrons. The van der Waals surface area contributed by atoms with Gasteiger partial charge < -0.3 is 33.2 Å². The van der Waals surface area contributed by atoms with Gasteiger partial charge in [-0.15, -0.1) is 0 Å². The van der Waals surface area contributed by atoms with Gasteiger partial charge in [-0.25, -0.2) is 4.79 Å². The maximum Gasteiger partial charge on any atom is 0.337 e. The van der Waals surface area contributed by atoms with Crippen molar-refractivity contribution in [2.24, 2.45) is 0 Å². The van der Waals surface area contributed by atoms with Gasteiger partial charge in [0.2, 0.25) is 12.4 Å². The third kappa shape index (κ3) is 8.77. The van der Waals surface area contributed by atoms with Crippen molar-refractivity contribution in [2.45, 2.75) is 64.8 Å². The fourth-order valence-electron chi connectivity index (χ4n) is 4.27. The van der Waals surface area contributed by atoms with Crippen LogP contribution < -0.4 is 4.74 Å². The summed E-state index contributed by atoms with van der Waals surface area (Å²) < 4.78 is 38.4. The summed E-state index contributed by atoms with van der Waals surface area (Å²) in [6.45, 7) is 4.26. The van der Waals surface area contributed by atoms with Crippen molar-refractivity contribution >= 4 is 29.8 Å². The highest BCUT2D eigenvalue weighted by molar-refractivity contribution is 5.89. The van der Waals surface area contributed by atoms with Crippen LogP contribution in [0.3, 0.4) is 0 Å². The van der Waals surface area contributed by atoms with Gasteiger partial charge in [0.25, 0.3) is 0 Å². The number of hydrogen-bond donors (Lipinski definition) is 0. The van der Waals surface area contributed by atoms with Crippen LogP contribution in [0.25, 0.3) is 0 Å². The molecule has 2 aromatic carbocycles. The summed E-state index contributed by atoms with van der Waals surface area (Å²) in [5.41, 5.74) is 1.97. The molecule has 0 bridgehead atoms. The van der Waals surface area contributed by atoms with E-state index in [1.54, 1.807) is 42.5 Å². The van der Waals surface area contributed by atoms with E-state index in [1.165, 1.54) is 14.0 Å². The Hall–Kier alpha value is -4.45. The normalized spacial score (nSPS) is 21.6. The van der Waals surface area contributed by atoms with Crippen LogP contribution in [0.2, 0.25) is 0 Å². The van der Waals surface area contributed by atoms with Crippen molar-refractivity contribution in [3.8, 4) is 5.75 Å². The second-order valence-electron chi connectivity index (χ2n) is 9.16. The lowest BCUT2D eigenvalue weighted by atomic mass is 9.98. The standard InChI is InChI=1S/C29H32O12/c1-16(30)36-15-24-25(37-17(2)31)26(38-18(3)32)27(39-19(4)33)29(41-24)40-23-9-7-6-8-22(23)14-20-10-12-21(13-11-20)28(34)35-5/h6-13,24-27,29H,14-15H2,1-5H3/t24-,25-,26+,27-,29+/m1/s1. The fraction of sp³-hybridized carbons (Fsp3) is 0.414. The van der Waals surface area contributed by atoms with Crippen LogP contribution in [0.15, 0.2) is 48.5 Å². The fourth-order valence-corrected chi connectivity index (χ4v) is 4.27. The molecule has 0 aromatic heterocycles. The number of para-hydroxylation sites is 1. The van der Waals surface area contributed by atoms with E-state index in [2.05, 4.69) is 0 Å². The molecule has 0 N–H and O–H groups in total. The summed E-state index contributed by atoms with van der Waals surface area (Å²) in [6.07, 6.45) is -6.11. The van der Waals surface area contributed by atoms with Crippen LogP contribution in [0.5, 0.6) is 5.75 Å². The summed E-state index contributed by atoms with van der Waals surface area (Å²) >= 11 is 0. The van der Waals surface area contributed by atoms with Crippen LogP contribution in [0, 0.1) is 0 Å². The minimum absolute atomic E-state index is 0.352. The van der Waals surface area contributed by atoms with Crippen molar-refractivity contribution in [1.29, 1.82) is 0 Å². The van der Waals surface area contributed by atoms with Crippen molar-refractivity contribution in [3.63, 3.8) is 0 Å². The highest BCUT2D eigenvalue weighted by Crippen LogP contribution is 2.32. The molecule has 0 amide bonds. The number of rotatable bonds is 10. The monoisotopic (exact) mass is 572 g/mol. The first-order valence-corrected chi connectivity index (χ1v) is 12.7. The third-order valence-corrected chi connectivity index (χ3v) is 5.93. The molecular weight excluding hydrogens is 540 g/mol. The predicted molar refractivity (Wildman–Crippen MR) is 140 cm³/mol. The van der Waals surface area contributed by atoms with Crippen molar-refractivity contribution in [1.82, 2.24) is 0 Å². The first kappa shape index (κ1) is 31.1. The van der Waals surface area contributed by atoms with E-state index < -0.39 is 60.6 Å². The largest absolute Gasteiger partial charge is 0.465 e. The number of carbonyl (C=O) groups is 5. The lowest BCUT2D eigenvalue weighted by molar-refractivity contribution is -0.288. The highest BCUT2D eigenvalue weighted by Gasteiger charge is 2.53. The van der Waals surface area contributed by atoms with Crippen LogP contribution in [-0.2, 0) is 54.0 Å². The Labute approximate surface area is 236 Å². The molecule has 0 aliphatic carbocycles. The van der Waals surface area contributed by atoms with Crippen LogP contribution in [0.1, 0.15) is 49.2 Å². The van der Waals surface area contributed by atoms with E-state index in [0.29, 0.717) is 23.3 Å². The average Bonchev–Trinajstić information content (AvgIpc) is 2.91. The summed E-state index contributed by atoms with van der Waals surface area (Å²) in [4.78, 5) is 59.4. The highest BCUT2D eigenvalue weighted by atomic mass is 16.7. The molecule has 1 aliphatic heterocycles. The smallest absolute Gasteiger partial charge is 0.337 e. The number of benzene rings is 2. The molecule has 5 atom stereocenters. The zero-order valence-corrected chi connectivity index (χ0v) is 23.3. The first-order chi connectivity index (χ1) is 19.5. The molecule has 220 valence electrons. The minimum Gasteiger partial charge on any atom is -0.465 e. The van der Waals surface area contributed by atoms with E-state index in [1.807, 2.05) is 6.07 Å². The quantitative estimate of drug-likeness (QED) is 0.304. The van der Waals surface area contributed by atoms with Gasteiger partial charge >= 0.3 is 29.8 Å². The second-order valence-corrected chi connectivity index (χ2v) is 9.16. The molecule has 0 saturated carbocycles. The molecule has 3 rings (SSSR count). The molecule has 41 heavy (non-hydrogen) atoms. The topological polar surface area (TPSA) is 150 Å². The average molecular weight is 573 g/mol. The molecule has 1 saturated heterocycles. The Bertz CT molecular complexity index is 1250. The Kier molecular flexibility index (Phi) is 10.8. The molecule has 2 aromatic rings. The number of esters is 5. The SMILES string of the molecule is COC(=O)c1ccc(Cc2ccccc2O[C@H]2O[C@H](COC(C)=O)[C@@H](OC(C)=O)[C@H](OC(C)=O)[C@H]2OC(C)=O)cc1. The first-order valence-electron chi connectivity index (χ1n) is 12.7. The zero-order valence-electron chi connectivity index (χ0n) is 23.3. The Morgan fingerprint density at radius 1 is 0.732 bits per heavy atom. The molecular formula is C29H32O12. The predicted octanol–water partition coefficient (Wildman–Crippen LogP) is 2.53. The molecule has 0 spiro atoms. The number of methoxy groups -OCH3 is 1. The van der Waals surface area contributed by atoms with Crippen molar-refractivity contribution in [2.75, 3.05) is 13.7 Å². The van der Waals surface area contributed by atoms with Crippen LogP contribution in [-0.4, -0.2) is 74.3 Å². The van der Waals surface area contributed by atoms with Gasteiger partial charge in [0.15, 0.2) is 12.2 Å². The Balaban J connectivity index is 1.96. The van der Waals surface area contributed by atoms with E-state index in [-0.39, 0.29) is 6.61 Å². The maximum absolute atomic E-state index is 12.1. The van der Waals surface area contributed by atoms with Gasteiger partial charge in [0.05, 0.1) is 12.7 Å². The molecule has 1 aliphatic rings. The Morgan fingerprint density at radius 3 is 1.90 bits per heavy atom. The lowest BCUT2D eigenvalue weighted by Gasteiger charge is -2.44. The van der Waals surface area contributed by atoms with Gasteiger partial charge in [0.1, 0.15) is 18.5 Å². The maximum atomic E-state index is 12.1. The second kappa shape index (κ2) is 14.3. The zero-order chi connectivity index (χ0) is 30.1. The number of ether oxygens (including phenoxy) is 7. The molecule has 1 heterocycles. The summed E-state index contributed by atoms with van der Waals surface area (Å²) in [5, 5.41) is 0. The van der Waals surface area contributed by atoms with Crippen LogP contribution in [0.4, 0.5) is 0 Å². The van der Waals surface area contributed by atoms with Gasteiger partial charge in [-0.05, 0) is 29.3 Å². The molecule has 12 heteroatoms. The van der Waals surface area contributed by atoms with Crippen LogP contribution >= 0.6 is 0 Å². The van der Waals surface area contributed by atoms with E-state index in [9.17, 15) is 24.0 Å². The van der Waals surface area contributed by atoms with Crippen molar-refractivity contribution < 1.29 is 57.1 Å². The number of hydrogen-bond acceptors (Lipinski definition) is 12. The van der Waals surface area contributed by atoms with Gasteiger partial charge in [-0.1, -0.05) is 30.3 Å². The van der Waals surface area contributed by atoms with Gasteiger partial charge in [0, 0.05) is 34.1 Å². The van der Waals surface area contributed by atoms with Gasteiger partial charge in [-0.3, -0.25) is 19.2 Å². The molecule has 1 fully saturated rings. The number of carbonyl (C=O) groups excluding carboxylic acids is 5. The summed E-state index contributed by atoms with van der Waals surface area (Å²) in [5.74, 6) is -2.93. The molecule has 12 nitrogen and oxygen atoms in total. The molecule has 0 unspecified atom stereocenters. The summed E-state index contributed by atoms with van der Waals surface area (Å²) in [6, 6.07) is 13.9. The minimum atomic E-state index is -1.36. The third-order valence-electron chi connectivity index (χ3n) is 5.93. The van der Waals surface area contributed by atoms with E-state index >= 15 is 0 Å². The summed E-state index contributed by atoms with van der Waals surface area (Å²) in [7, 11) is 1.30.